The number of anilines is 1. The molecule has 1 heterocycles. The van der Waals surface area contributed by atoms with Crippen molar-refractivity contribution in [2.24, 2.45) is 0 Å². The Labute approximate surface area is 100 Å². The minimum absolute atomic E-state index is 0.193. The molecule has 0 unspecified atom stereocenters. The predicted octanol–water partition coefficient (Wildman–Crippen LogP) is 2.34. The summed E-state index contributed by atoms with van der Waals surface area (Å²) in [6.45, 7) is 0. The third-order valence-electron chi connectivity index (χ3n) is 2.31. The van der Waals surface area contributed by atoms with Crippen LogP contribution in [-0.4, -0.2) is 9.78 Å². The summed E-state index contributed by atoms with van der Waals surface area (Å²) >= 11 is 0. The molecule has 2 rings (SSSR count). The van der Waals surface area contributed by atoms with E-state index in [1.807, 2.05) is 6.07 Å². The van der Waals surface area contributed by atoms with E-state index in [0.29, 0.717) is 10.2 Å². The van der Waals surface area contributed by atoms with Crippen LogP contribution in [0.1, 0.15) is 11.3 Å². The maximum atomic E-state index is 12.8. The number of halogens is 3. The lowest BCUT2D eigenvalue weighted by Gasteiger charge is -2.11. The van der Waals surface area contributed by atoms with Crippen molar-refractivity contribution in [3.05, 3.63) is 41.7 Å². The van der Waals surface area contributed by atoms with Gasteiger partial charge in [-0.15, -0.1) is 0 Å². The molecule has 4 nitrogen and oxygen atoms in total. The molecule has 0 aliphatic rings. The Balaban J connectivity index is 2.55. The number of nitrogens with two attached hydrogens (primary N) is 1. The molecule has 2 N–H and O–H groups in total. The standard InChI is InChI=1S/C11H7F3N4/c12-11(13,14)10-9(16)6-17-18(10)8-3-1-7(5-15)2-4-8/h1-4,6H,16H2. The first-order chi connectivity index (χ1) is 8.43. The number of hydrogen-bond acceptors (Lipinski definition) is 3. The van der Waals surface area contributed by atoms with E-state index in [-0.39, 0.29) is 5.69 Å². The normalized spacial score (nSPS) is 11.2. The highest BCUT2D eigenvalue weighted by Crippen LogP contribution is 2.34. The van der Waals surface area contributed by atoms with Gasteiger partial charge < -0.3 is 5.73 Å². The SMILES string of the molecule is N#Cc1ccc(-n2ncc(N)c2C(F)(F)F)cc1. The van der Waals surface area contributed by atoms with Gasteiger partial charge in [-0.3, -0.25) is 0 Å². The summed E-state index contributed by atoms with van der Waals surface area (Å²) in [5.41, 5.74) is 4.35. The highest BCUT2D eigenvalue weighted by Gasteiger charge is 2.38. The van der Waals surface area contributed by atoms with Gasteiger partial charge in [-0.2, -0.15) is 23.5 Å². The second-order valence-corrected chi connectivity index (χ2v) is 3.52. The average Bonchev–Trinajstić information content (AvgIpc) is 2.71. The molecule has 1 aromatic heterocycles. The number of nitrogen functional groups attached to an aromatic ring is 1. The molecule has 7 heteroatoms. The quantitative estimate of drug-likeness (QED) is 0.847. The van der Waals surface area contributed by atoms with E-state index in [0.717, 1.165) is 6.20 Å². The van der Waals surface area contributed by atoms with Crippen LogP contribution in [0.5, 0.6) is 0 Å². The predicted molar refractivity (Wildman–Crippen MR) is 57.7 cm³/mol. The van der Waals surface area contributed by atoms with Crippen molar-refractivity contribution in [3.8, 4) is 11.8 Å². The number of nitrogens with zero attached hydrogens (tertiary/aromatic N) is 3. The van der Waals surface area contributed by atoms with Gasteiger partial charge >= 0.3 is 6.18 Å². The Kier molecular flexibility index (Phi) is 2.71. The number of rotatable bonds is 1. The third-order valence-corrected chi connectivity index (χ3v) is 2.31. The van der Waals surface area contributed by atoms with Crippen molar-refractivity contribution in [1.82, 2.24) is 9.78 Å². The molecule has 18 heavy (non-hydrogen) atoms. The second kappa shape index (κ2) is 4.07. The Bertz CT molecular complexity index is 605. The molecule has 0 aliphatic carbocycles. The first-order valence-electron chi connectivity index (χ1n) is 4.84. The van der Waals surface area contributed by atoms with E-state index < -0.39 is 17.6 Å². The molecule has 0 amide bonds. The van der Waals surface area contributed by atoms with Crippen LogP contribution in [0.15, 0.2) is 30.5 Å². The molecule has 92 valence electrons. The Hall–Kier alpha value is -2.49. The molecular weight excluding hydrogens is 245 g/mol. The minimum Gasteiger partial charge on any atom is -0.396 e. The molecule has 2 aromatic rings. The van der Waals surface area contributed by atoms with Crippen LogP contribution in [0, 0.1) is 11.3 Å². The van der Waals surface area contributed by atoms with Crippen molar-refractivity contribution >= 4 is 5.69 Å². The van der Waals surface area contributed by atoms with E-state index in [4.69, 9.17) is 11.0 Å². The fourth-order valence-corrected chi connectivity index (χ4v) is 1.52. The second-order valence-electron chi connectivity index (χ2n) is 3.52. The summed E-state index contributed by atoms with van der Waals surface area (Å²) in [5, 5.41) is 12.2. The number of aromatic nitrogens is 2. The van der Waals surface area contributed by atoms with E-state index >= 15 is 0 Å². The Morgan fingerprint density at radius 3 is 2.33 bits per heavy atom. The van der Waals surface area contributed by atoms with Crippen molar-refractivity contribution < 1.29 is 13.2 Å². The Morgan fingerprint density at radius 2 is 1.83 bits per heavy atom. The molecule has 1 aromatic carbocycles. The minimum atomic E-state index is -4.59. The topological polar surface area (TPSA) is 67.6 Å². The molecule has 0 radical (unpaired) electrons. The van der Waals surface area contributed by atoms with Gasteiger partial charge in [0, 0.05) is 0 Å². The summed E-state index contributed by atoms with van der Waals surface area (Å²) in [7, 11) is 0. The van der Waals surface area contributed by atoms with Crippen molar-refractivity contribution in [2.75, 3.05) is 5.73 Å². The van der Waals surface area contributed by atoms with Crippen LogP contribution in [-0.2, 0) is 6.18 Å². The number of alkyl halides is 3. The maximum Gasteiger partial charge on any atom is 0.435 e. The molecule has 0 spiro atoms. The van der Waals surface area contributed by atoms with Gasteiger partial charge in [0.2, 0.25) is 0 Å². The molecular formula is C11H7F3N4. The van der Waals surface area contributed by atoms with Gasteiger partial charge in [0.15, 0.2) is 5.69 Å². The summed E-state index contributed by atoms with van der Waals surface area (Å²) in [4.78, 5) is 0. The molecule has 0 fully saturated rings. The van der Waals surface area contributed by atoms with Gasteiger partial charge in [-0.1, -0.05) is 0 Å². The van der Waals surface area contributed by atoms with Crippen LogP contribution in [0.3, 0.4) is 0 Å². The third kappa shape index (κ3) is 2.00. The fourth-order valence-electron chi connectivity index (χ4n) is 1.52. The van der Waals surface area contributed by atoms with Crippen LogP contribution < -0.4 is 5.73 Å². The molecule has 0 atom stereocenters. The average molecular weight is 252 g/mol. The fraction of sp³-hybridized carbons (Fsp3) is 0.0909. The molecule has 0 saturated carbocycles. The molecule has 0 saturated heterocycles. The van der Waals surface area contributed by atoms with Gasteiger partial charge in [-0.25, -0.2) is 4.68 Å². The number of benzene rings is 1. The van der Waals surface area contributed by atoms with Crippen LogP contribution in [0.2, 0.25) is 0 Å². The lowest BCUT2D eigenvalue weighted by Crippen LogP contribution is -2.15. The van der Waals surface area contributed by atoms with Crippen molar-refractivity contribution in [3.63, 3.8) is 0 Å². The van der Waals surface area contributed by atoms with Crippen LogP contribution in [0.4, 0.5) is 18.9 Å². The lowest BCUT2D eigenvalue weighted by molar-refractivity contribution is -0.142. The number of hydrogen-bond donors (Lipinski definition) is 1. The highest BCUT2D eigenvalue weighted by molar-refractivity contribution is 5.48. The van der Waals surface area contributed by atoms with Gasteiger partial charge in [0.1, 0.15) is 0 Å². The first kappa shape index (κ1) is 12.0. The highest BCUT2D eigenvalue weighted by atomic mass is 19.4. The summed E-state index contributed by atoms with van der Waals surface area (Å²) in [6, 6.07) is 7.45. The maximum absolute atomic E-state index is 12.8. The van der Waals surface area contributed by atoms with E-state index in [2.05, 4.69) is 5.10 Å². The summed E-state index contributed by atoms with van der Waals surface area (Å²) < 4.78 is 39.0. The van der Waals surface area contributed by atoms with E-state index in [1.54, 1.807) is 0 Å². The van der Waals surface area contributed by atoms with Gasteiger partial charge in [-0.05, 0) is 24.3 Å². The monoisotopic (exact) mass is 252 g/mol. The van der Waals surface area contributed by atoms with E-state index in [9.17, 15) is 13.2 Å². The zero-order valence-electron chi connectivity index (χ0n) is 8.94. The largest absolute Gasteiger partial charge is 0.435 e. The zero-order valence-corrected chi connectivity index (χ0v) is 8.94. The number of nitriles is 1. The van der Waals surface area contributed by atoms with Gasteiger partial charge in [0.05, 0.1) is 29.2 Å². The zero-order chi connectivity index (χ0) is 13.3. The molecule has 0 aliphatic heterocycles. The van der Waals surface area contributed by atoms with Gasteiger partial charge in [0.25, 0.3) is 0 Å². The summed E-state index contributed by atoms with van der Waals surface area (Å²) in [5.74, 6) is 0. The van der Waals surface area contributed by atoms with Crippen LogP contribution in [0.25, 0.3) is 5.69 Å². The lowest BCUT2D eigenvalue weighted by atomic mass is 10.2. The van der Waals surface area contributed by atoms with Crippen molar-refractivity contribution in [1.29, 1.82) is 5.26 Å². The van der Waals surface area contributed by atoms with Crippen LogP contribution >= 0.6 is 0 Å². The smallest absolute Gasteiger partial charge is 0.396 e. The van der Waals surface area contributed by atoms with Crippen molar-refractivity contribution in [2.45, 2.75) is 6.18 Å². The van der Waals surface area contributed by atoms with E-state index in [1.165, 1.54) is 24.3 Å². The first-order valence-corrected chi connectivity index (χ1v) is 4.84. The summed E-state index contributed by atoms with van der Waals surface area (Å²) in [6.07, 6.45) is -3.64. The molecule has 0 bridgehead atoms. The Morgan fingerprint density at radius 1 is 1.22 bits per heavy atom.